The maximum atomic E-state index is 10.7. The highest BCUT2D eigenvalue weighted by Crippen LogP contribution is 2.15. The molecule has 4 nitrogen and oxygen atoms in total. The number of benzene rings is 1. The van der Waals surface area contributed by atoms with E-state index < -0.39 is 5.97 Å². The minimum atomic E-state index is -1.10. The molecular weight excluding hydrogens is 218 g/mol. The van der Waals surface area contributed by atoms with Crippen molar-refractivity contribution in [3.05, 3.63) is 59.5 Å². The van der Waals surface area contributed by atoms with Crippen molar-refractivity contribution in [1.29, 1.82) is 0 Å². The number of hydrogen-bond acceptors (Lipinski definition) is 3. The Hall–Kier alpha value is -2.23. The van der Waals surface area contributed by atoms with E-state index in [9.17, 15) is 9.90 Å². The molecule has 88 valence electrons. The summed E-state index contributed by atoms with van der Waals surface area (Å²) >= 11 is 0. The second kappa shape index (κ2) is 4.74. The molecule has 0 unspecified atom stereocenters. The van der Waals surface area contributed by atoms with Crippen molar-refractivity contribution in [3.63, 3.8) is 0 Å². The Morgan fingerprint density at radius 1 is 1.29 bits per heavy atom. The van der Waals surface area contributed by atoms with Crippen molar-refractivity contribution in [2.75, 3.05) is 6.54 Å². The number of aliphatic carboxylic acids is 1. The van der Waals surface area contributed by atoms with Gasteiger partial charge in [-0.2, -0.15) is 0 Å². The number of rotatable bonds is 3. The van der Waals surface area contributed by atoms with Gasteiger partial charge in [-0.05, 0) is 11.6 Å². The first-order chi connectivity index (χ1) is 8.16. The second-order valence-corrected chi connectivity index (χ2v) is 3.87. The largest absolute Gasteiger partial charge is 0.510 e. The van der Waals surface area contributed by atoms with E-state index in [1.54, 1.807) is 6.20 Å². The molecule has 4 heteroatoms. The van der Waals surface area contributed by atoms with Crippen molar-refractivity contribution in [3.8, 4) is 0 Å². The SMILES string of the molecule is O=C(O)C1=C(O)CN(Cc2ccccc2)C=C1. The lowest BCUT2D eigenvalue weighted by atomic mass is 10.1. The third-order valence-electron chi connectivity index (χ3n) is 2.57. The van der Waals surface area contributed by atoms with Crippen LogP contribution >= 0.6 is 0 Å². The average molecular weight is 231 g/mol. The highest BCUT2D eigenvalue weighted by Gasteiger charge is 2.17. The molecule has 0 radical (unpaired) electrons. The number of carbonyl (C=O) groups is 1. The van der Waals surface area contributed by atoms with Gasteiger partial charge in [0.1, 0.15) is 11.3 Å². The Bertz CT molecular complexity index is 477. The molecule has 0 aromatic heterocycles. The lowest BCUT2D eigenvalue weighted by molar-refractivity contribution is -0.132. The van der Waals surface area contributed by atoms with Gasteiger partial charge in [0.15, 0.2) is 0 Å². The number of aliphatic hydroxyl groups excluding tert-OH is 1. The normalized spacial score (nSPS) is 15.2. The molecule has 0 aliphatic carbocycles. The van der Waals surface area contributed by atoms with Crippen LogP contribution in [0.4, 0.5) is 0 Å². The van der Waals surface area contributed by atoms with Gasteiger partial charge in [-0.25, -0.2) is 4.79 Å². The van der Waals surface area contributed by atoms with Gasteiger partial charge in [-0.15, -0.1) is 0 Å². The Balaban J connectivity index is 2.05. The zero-order chi connectivity index (χ0) is 12.3. The Kier molecular flexibility index (Phi) is 3.14. The van der Waals surface area contributed by atoms with Crippen LogP contribution in [0.5, 0.6) is 0 Å². The van der Waals surface area contributed by atoms with E-state index in [4.69, 9.17) is 5.11 Å². The van der Waals surface area contributed by atoms with Crippen molar-refractivity contribution in [2.45, 2.75) is 6.54 Å². The fourth-order valence-corrected chi connectivity index (χ4v) is 1.73. The van der Waals surface area contributed by atoms with Gasteiger partial charge in [0, 0.05) is 12.7 Å². The molecule has 2 rings (SSSR count). The molecule has 1 aliphatic rings. The minimum absolute atomic E-state index is 0.0330. The molecule has 0 saturated carbocycles. The molecule has 0 saturated heterocycles. The zero-order valence-corrected chi connectivity index (χ0v) is 9.21. The van der Waals surface area contributed by atoms with Gasteiger partial charge in [-0.1, -0.05) is 30.3 Å². The van der Waals surface area contributed by atoms with Crippen molar-refractivity contribution in [1.82, 2.24) is 4.90 Å². The summed E-state index contributed by atoms with van der Waals surface area (Å²) in [7, 11) is 0. The van der Waals surface area contributed by atoms with Gasteiger partial charge in [0.25, 0.3) is 0 Å². The monoisotopic (exact) mass is 231 g/mol. The minimum Gasteiger partial charge on any atom is -0.510 e. The van der Waals surface area contributed by atoms with Crippen LogP contribution in [0.3, 0.4) is 0 Å². The van der Waals surface area contributed by atoms with E-state index in [1.165, 1.54) is 6.08 Å². The lowest BCUT2D eigenvalue weighted by Crippen LogP contribution is -2.24. The molecular formula is C13H13NO3. The Labute approximate surface area is 99.1 Å². The Morgan fingerprint density at radius 2 is 2.00 bits per heavy atom. The molecule has 0 amide bonds. The topological polar surface area (TPSA) is 60.8 Å². The third-order valence-corrected chi connectivity index (χ3v) is 2.57. The number of carboxylic acid groups (broad SMARTS) is 1. The van der Waals surface area contributed by atoms with E-state index in [0.29, 0.717) is 6.54 Å². The first kappa shape index (κ1) is 11.3. The molecule has 1 aromatic rings. The maximum Gasteiger partial charge on any atom is 0.339 e. The van der Waals surface area contributed by atoms with Crippen LogP contribution in [0.2, 0.25) is 0 Å². The maximum absolute atomic E-state index is 10.7. The van der Waals surface area contributed by atoms with Crippen LogP contribution < -0.4 is 0 Å². The van der Waals surface area contributed by atoms with E-state index >= 15 is 0 Å². The summed E-state index contributed by atoms with van der Waals surface area (Å²) in [4.78, 5) is 12.6. The van der Waals surface area contributed by atoms with Gasteiger partial charge >= 0.3 is 5.97 Å². The Morgan fingerprint density at radius 3 is 2.59 bits per heavy atom. The van der Waals surface area contributed by atoms with Gasteiger partial charge in [-0.3, -0.25) is 0 Å². The fraction of sp³-hybridized carbons (Fsp3) is 0.154. The molecule has 1 aromatic carbocycles. The second-order valence-electron chi connectivity index (χ2n) is 3.87. The molecule has 0 atom stereocenters. The first-order valence-electron chi connectivity index (χ1n) is 5.28. The fourth-order valence-electron chi connectivity index (χ4n) is 1.73. The summed E-state index contributed by atoms with van der Waals surface area (Å²) < 4.78 is 0. The number of carboxylic acids is 1. The van der Waals surface area contributed by atoms with Crippen molar-refractivity contribution < 1.29 is 15.0 Å². The summed E-state index contributed by atoms with van der Waals surface area (Å²) in [6.45, 7) is 0.876. The molecule has 1 aliphatic heterocycles. The van der Waals surface area contributed by atoms with E-state index in [-0.39, 0.29) is 17.9 Å². The smallest absolute Gasteiger partial charge is 0.339 e. The van der Waals surface area contributed by atoms with Crippen LogP contribution in [-0.2, 0) is 11.3 Å². The van der Waals surface area contributed by atoms with Crippen LogP contribution in [0.1, 0.15) is 5.56 Å². The van der Waals surface area contributed by atoms with Crippen molar-refractivity contribution >= 4 is 5.97 Å². The van der Waals surface area contributed by atoms with E-state index in [1.807, 2.05) is 35.2 Å². The molecule has 0 bridgehead atoms. The standard InChI is InChI=1S/C13H13NO3/c15-12-9-14(7-6-11(12)13(16)17)8-10-4-2-1-3-5-10/h1-7,15H,8-9H2,(H,16,17). The molecule has 17 heavy (non-hydrogen) atoms. The molecule has 1 heterocycles. The summed E-state index contributed by atoms with van der Waals surface area (Å²) in [6.07, 6.45) is 3.11. The molecule has 0 fully saturated rings. The summed E-state index contributed by atoms with van der Waals surface area (Å²) in [5.74, 6) is -1.20. The van der Waals surface area contributed by atoms with E-state index in [2.05, 4.69) is 0 Å². The zero-order valence-electron chi connectivity index (χ0n) is 9.21. The predicted octanol–water partition coefficient (Wildman–Crippen LogP) is 1.91. The first-order valence-corrected chi connectivity index (χ1v) is 5.28. The summed E-state index contributed by atoms with van der Waals surface area (Å²) in [5.41, 5.74) is 1.08. The highest BCUT2D eigenvalue weighted by atomic mass is 16.4. The number of nitrogens with zero attached hydrogens (tertiary/aromatic N) is 1. The quantitative estimate of drug-likeness (QED) is 0.834. The van der Waals surface area contributed by atoms with Crippen LogP contribution in [0, 0.1) is 0 Å². The third kappa shape index (κ3) is 2.66. The van der Waals surface area contributed by atoms with Crippen molar-refractivity contribution in [2.24, 2.45) is 0 Å². The molecule has 0 spiro atoms. The summed E-state index contributed by atoms with van der Waals surface area (Å²) in [5, 5.41) is 18.4. The lowest BCUT2D eigenvalue weighted by Gasteiger charge is -2.23. The van der Waals surface area contributed by atoms with Crippen LogP contribution in [-0.4, -0.2) is 27.6 Å². The van der Waals surface area contributed by atoms with Crippen LogP contribution in [0.25, 0.3) is 0 Å². The highest BCUT2D eigenvalue weighted by molar-refractivity contribution is 5.90. The van der Waals surface area contributed by atoms with Gasteiger partial charge < -0.3 is 15.1 Å². The number of hydrogen-bond donors (Lipinski definition) is 2. The predicted molar refractivity (Wildman–Crippen MR) is 63.3 cm³/mol. The van der Waals surface area contributed by atoms with Gasteiger partial charge in [0.05, 0.1) is 6.54 Å². The average Bonchev–Trinajstić information content (AvgIpc) is 2.30. The van der Waals surface area contributed by atoms with Gasteiger partial charge in [0.2, 0.25) is 0 Å². The van der Waals surface area contributed by atoms with E-state index in [0.717, 1.165) is 5.56 Å². The number of aliphatic hydroxyl groups is 1. The summed E-state index contributed by atoms with van der Waals surface area (Å²) in [6, 6.07) is 9.81. The molecule has 2 N–H and O–H groups in total. The van der Waals surface area contributed by atoms with Crippen LogP contribution in [0.15, 0.2) is 53.9 Å².